The van der Waals surface area contributed by atoms with Crippen molar-refractivity contribution in [2.24, 2.45) is 0 Å². The normalized spacial score (nSPS) is 10.8. The summed E-state index contributed by atoms with van der Waals surface area (Å²) in [4.78, 5) is 13.8. The van der Waals surface area contributed by atoms with Gasteiger partial charge < -0.3 is 14.8 Å². The molecule has 4 aromatic rings. The molecule has 5 heteroatoms. The lowest BCUT2D eigenvalue weighted by Crippen LogP contribution is -2.28. The average Bonchev–Trinajstić information content (AvgIpc) is 3.17. The Balaban J connectivity index is 1.44. The summed E-state index contributed by atoms with van der Waals surface area (Å²) in [6, 6.07) is 24.1. The van der Waals surface area contributed by atoms with Gasteiger partial charge in [-0.05, 0) is 60.2 Å². The van der Waals surface area contributed by atoms with Gasteiger partial charge in [-0.1, -0.05) is 48.0 Å². The summed E-state index contributed by atoms with van der Waals surface area (Å²) in [5, 5.41) is 4.16. The maximum absolute atomic E-state index is 13.0. The van der Waals surface area contributed by atoms with Gasteiger partial charge in [-0.2, -0.15) is 0 Å². The third-order valence-corrected chi connectivity index (χ3v) is 6.33. The number of ether oxygens (including phenoxy) is 2. The van der Waals surface area contributed by atoms with Crippen molar-refractivity contribution >= 4 is 27.3 Å². The van der Waals surface area contributed by atoms with Gasteiger partial charge in [0.15, 0.2) is 0 Å². The molecule has 3 aromatic carbocycles. The molecule has 0 spiro atoms. The van der Waals surface area contributed by atoms with Crippen molar-refractivity contribution in [1.82, 2.24) is 5.32 Å². The molecule has 4 nitrogen and oxygen atoms in total. The van der Waals surface area contributed by atoms with Crippen molar-refractivity contribution in [2.45, 2.75) is 13.3 Å². The summed E-state index contributed by atoms with van der Waals surface area (Å²) in [6.07, 6.45) is 0.732. The molecule has 1 heterocycles. The molecule has 0 aliphatic rings. The van der Waals surface area contributed by atoms with E-state index in [2.05, 4.69) is 48.6 Å². The molecule has 1 N–H and O–H groups in total. The van der Waals surface area contributed by atoms with Crippen LogP contribution in [0.1, 0.15) is 26.4 Å². The van der Waals surface area contributed by atoms with E-state index < -0.39 is 0 Å². The number of amides is 1. The molecule has 31 heavy (non-hydrogen) atoms. The standard InChI is InChI=1S/C26H25NO3S/c1-18-7-9-19(10-8-18)17-23-22-5-3-4-6-24(22)31-25(23)26(28)27-15-16-30-21-13-11-20(29-2)12-14-21/h3-14H,15-17H2,1-2H3,(H,27,28). The number of fused-ring (bicyclic) bond motifs is 1. The molecule has 0 radical (unpaired) electrons. The predicted molar refractivity (Wildman–Crippen MR) is 127 cm³/mol. The van der Waals surface area contributed by atoms with Gasteiger partial charge in [0, 0.05) is 4.70 Å². The first kappa shape index (κ1) is 20.9. The lowest BCUT2D eigenvalue weighted by Gasteiger charge is -2.09. The molecule has 0 bridgehead atoms. The number of hydrogen-bond acceptors (Lipinski definition) is 4. The van der Waals surface area contributed by atoms with Crippen molar-refractivity contribution in [3.05, 3.63) is 94.4 Å². The van der Waals surface area contributed by atoms with Crippen molar-refractivity contribution < 1.29 is 14.3 Å². The van der Waals surface area contributed by atoms with Gasteiger partial charge in [-0.25, -0.2) is 0 Å². The first-order valence-electron chi connectivity index (χ1n) is 10.2. The van der Waals surface area contributed by atoms with Crippen LogP contribution in [0, 0.1) is 6.92 Å². The van der Waals surface area contributed by atoms with E-state index >= 15 is 0 Å². The minimum Gasteiger partial charge on any atom is -0.497 e. The minimum atomic E-state index is -0.0540. The van der Waals surface area contributed by atoms with Gasteiger partial charge in [0.1, 0.15) is 18.1 Å². The Labute approximate surface area is 186 Å². The summed E-state index contributed by atoms with van der Waals surface area (Å²) >= 11 is 1.55. The third kappa shape index (κ3) is 5.06. The Kier molecular flexibility index (Phi) is 6.53. The zero-order valence-corrected chi connectivity index (χ0v) is 18.5. The number of aryl methyl sites for hydroxylation is 1. The summed E-state index contributed by atoms with van der Waals surface area (Å²) in [5.41, 5.74) is 3.51. The van der Waals surface area contributed by atoms with Crippen LogP contribution in [0.3, 0.4) is 0 Å². The molecule has 0 unspecified atom stereocenters. The van der Waals surface area contributed by atoms with Crippen LogP contribution in [0.15, 0.2) is 72.8 Å². The van der Waals surface area contributed by atoms with Gasteiger partial charge in [0.2, 0.25) is 0 Å². The largest absolute Gasteiger partial charge is 0.497 e. The van der Waals surface area contributed by atoms with Crippen LogP contribution in [0.4, 0.5) is 0 Å². The van der Waals surface area contributed by atoms with Crippen LogP contribution >= 0.6 is 11.3 Å². The number of carbonyl (C=O) groups is 1. The number of thiophene rings is 1. The molecule has 0 saturated heterocycles. The van der Waals surface area contributed by atoms with E-state index in [4.69, 9.17) is 9.47 Å². The SMILES string of the molecule is COc1ccc(OCCNC(=O)c2sc3ccccc3c2Cc2ccc(C)cc2)cc1. The van der Waals surface area contributed by atoms with Crippen molar-refractivity contribution in [3.63, 3.8) is 0 Å². The van der Waals surface area contributed by atoms with Gasteiger partial charge in [0.05, 0.1) is 18.5 Å². The summed E-state index contributed by atoms with van der Waals surface area (Å²) < 4.78 is 12.0. The van der Waals surface area contributed by atoms with Crippen LogP contribution in [-0.4, -0.2) is 26.2 Å². The minimum absolute atomic E-state index is 0.0540. The molecule has 4 rings (SSSR count). The lowest BCUT2D eigenvalue weighted by molar-refractivity contribution is 0.0950. The van der Waals surface area contributed by atoms with Crippen LogP contribution in [0.25, 0.3) is 10.1 Å². The molecule has 1 aromatic heterocycles. The van der Waals surface area contributed by atoms with E-state index in [1.807, 2.05) is 36.4 Å². The van der Waals surface area contributed by atoms with E-state index in [9.17, 15) is 4.79 Å². The lowest BCUT2D eigenvalue weighted by atomic mass is 10.0. The van der Waals surface area contributed by atoms with Gasteiger partial charge in [-0.3, -0.25) is 4.79 Å². The summed E-state index contributed by atoms with van der Waals surface area (Å²) in [6.45, 7) is 2.91. The number of rotatable bonds is 8. The maximum Gasteiger partial charge on any atom is 0.261 e. The van der Waals surface area contributed by atoms with Crippen LogP contribution in [-0.2, 0) is 6.42 Å². The number of carbonyl (C=O) groups excluding carboxylic acids is 1. The van der Waals surface area contributed by atoms with E-state index in [1.165, 1.54) is 11.1 Å². The number of benzene rings is 3. The fourth-order valence-electron chi connectivity index (χ4n) is 3.45. The van der Waals surface area contributed by atoms with Crippen molar-refractivity contribution in [2.75, 3.05) is 20.3 Å². The summed E-state index contributed by atoms with van der Waals surface area (Å²) in [5.74, 6) is 1.48. The summed E-state index contributed by atoms with van der Waals surface area (Å²) in [7, 11) is 1.63. The highest BCUT2D eigenvalue weighted by molar-refractivity contribution is 7.21. The Morgan fingerprint density at radius 1 is 0.935 bits per heavy atom. The molecule has 0 atom stereocenters. The Hall–Kier alpha value is -3.31. The molecule has 0 fully saturated rings. The van der Waals surface area contributed by atoms with Gasteiger partial charge >= 0.3 is 0 Å². The average molecular weight is 432 g/mol. The Morgan fingerprint density at radius 3 is 2.39 bits per heavy atom. The monoisotopic (exact) mass is 431 g/mol. The number of methoxy groups -OCH3 is 1. The molecule has 0 saturated carbocycles. The van der Waals surface area contributed by atoms with Crippen molar-refractivity contribution in [1.29, 1.82) is 0 Å². The molecular formula is C26H25NO3S. The van der Waals surface area contributed by atoms with E-state index in [0.29, 0.717) is 13.2 Å². The molecule has 1 amide bonds. The van der Waals surface area contributed by atoms with E-state index in [0.717, 1.165) is 38.4 Å². The zero-order chi connectivity index (χ0) is 21.6. The Bertz CT molecular complexity index is 1160. The first-order valence-corrected chi connectivity index (χ1v) is 11.1. The smallest absolute Gasteiger partial charge is 0.261 e. The topological polar surface area (TPSA) is 47.6 Å². The Morgan fingerprint density at radius 2 is 1.65 bits per heavy atom. The van der Waals surface area contributed by atoms with E-state index in [1.54, 1.807) is 18.4 Å². The fourth-order valence-corrected chi connectivity index (χ4v) is 4.59. The van der Waals surface area contributed by atoms with E-state index in [-0.39, 0.29) is 5.91 Å². The highest BCUT2D eigenvalue weighted by atomic mass is 32.1. The number of hydrogen-bond donors (Lipinski definition) is 1. The third-order valence-electron chi connectivity index (χ3n) is 5.12. The van der Waals surface area contributed by atoms with Crippen LogP contribution in [0.2, 0.25) is 0 Å². The van der Waals surface area contributed by atoms with Crippen molar-refractivity contribution in [3.8, 4) is 11.5 Å². The number of nitrogens with one attached hydrogen (secondary N) is 1. The second-order valence-corrected chi connectivity index (χ2v) is 8.40. The second-order valence-electron chi connectivity index (χ2n) is 7.35. The van der Waals surface area contributed by atoms with Gasteiger partial charge in [0.25, 0.3) is 5.91 Å². The molecule has 158 valence electrons. The molecule has 0 aliphatic heterocycles. The highest BCUT2D eigenvalue weighted by Gasteiger charge is 2.18. The zero-order valence-electron chi connectivity index (χ0n) is 17.7. The quantitative estimate of drug-likeness (QED) is 0.369. The van der Waals surface area contributed by atoms with Crippen LogP contribution < -0.4 is 14.8 Å². The maximum atomic E-state index is 13.0. The second kappa shape index (κ2) is 9.67. The fraction of sp³-hybridized carbons (Fsp3) is 0.192. The molecular weight excluding hydrogens is 406 g/mol. The molecule has 0 aliphatic carbocycles. The van der Waals surface area contributed by atoms with Crippen LogP contribution in [0.5, 0.6) is 11.5 Å². The first-order chi connectivity index (χ1) is 15.1. The highest BCUT2D eigenvalue weighted by Crippen LogP contribution is 2.33. The van der Waals surface area contributed by atoms with Gasteiger partial charge in [-0.15, -0.1) is 11.3 Å². The predicted octanol–water partition coefficient (Wildman–Crippen LogP) is 5.62.